The van der Waals surface area contributed by atoms with Crippen LogP contribution in [0.3, 0.4) is 0 Å². The largest absolute Gasteiger partial charge is 0.496 e. The zero-order chi connectivity index (χ0) is 17.0. The second kappa shape index (κ2) is 7.18. The first-order chi connectivity index (χ1) is 10.9. The Hall–Kier alpha value is -2.49. The Kier molecular flexibility index (Phi) is 5.27. The Morgan fingerprint density at radius 1 is 1.13 bits per heavy atom. The minimum atomic E-state index is -0.991. The van der Waals surface area contributed by atoms with Crippen LogP contribution in [0.4, 0.5) is 0 Å². The zero-order valence-electron chi connectivity index (χ0n) is 13.9. The summed E-state index contributed by atoms with van der Waals surface area (Å²) in [6.07, 6.45) is -0.725. The molecule has 0 saturated carbocycles. The van der Waals surface area contributed by atoms with Gasteiger partial charge in [0.05, 0.1) is 7.11 Å². The molecule has 0 aliphatic carbocycles. The van der Waals surface area contributed by atoms with Gasteiger partial charge in [-0.2, -0.15) is 0 Å². The summed E-state index contributed by atoms with van der Waals surface area (Å²) in [4.78, 5) is 11.6. The van der Waals surface area contributed by atoms with E-state index >= 15 is 0 Å². The van der Waals surface area contributed by atoms with E-state index in [1.165, 1.54) is 0 Å². The van der Waals surface area contributed by atoms with Gasteiger partial charge in [-0.05, 0) is 55.2 Å². The normalized spacial score (nSPS) is 11.8. The van der Waals surface area contributed by atoms with E-state index in [-0.39, 0.29) is 6.42 Å². The van der Waals surface area contributed by atoms with Gasteiger partial charge in [0, 0.05) is 6.42 Å². The molecule has 4 nitrogen and oxygen atoms in total. The van der Waals surface area contributed by atoms with Gasteiger partial charge in [0.25, 0.3) is 0 Å². The molecule has 0 aliphatic rings. The predicted molar refractivity (Wildman–Crippen MR) is 89.4 cm³/mol. The number of aryl methyl sites for hydroxylation is 2. The second-order valence-electron chi connectivity index (χ2n) is 5.67. The molecule has 23 heavy (non-hydrogen) atoms. The van der Waals surface area contributed by atoms with Crippen molar-refractivity contribution in [3.8, 4) is 11.5 Å². The van der Waals surface area contributed by atoms with Crippen molar-refractivity contribution in [3.63, 3.8) is 0 Å². The minimum absolute atomic E-state index is 0.242. The van der Waals surface area contributed by atoms with Crippen molar-refractivity contribution in [2.45, 2.75) is 33.3 Å². The first-order valence-electron chi connectivity index (χ1n) is 7.51. The molecule has 0 spiro atoms. The lowest BCUT2D eigenvalue weighted by Gasteiger charge is -2.19. The van der Waals surface area contributed by atoms with Crippen molar-refractivity contribution in [3.05, 3.63) is 58.7 Å². The zero-order valence-corrected chi connectivity index (χ0v) is 13.9. The number of carbonyl (C=O) groups is 1. The van der Waals surface area contributed by atoms with Crippen molar-refractivity contribution in [2.24, 2.45) is 0 Å². The van der Waals surface area contributed by atoms with Crippen molar-refractivity contribution in [2.75, 3.05) is 7.11 Å². The Morgan fingerprint density at radius 2 is 1.83 bits per heavy atom. The van der Waals surface area contributed by atoms with Crippen LogP contribution < -0.4 is 9.47 Å². The number of hydrogen-bond acceptors (Lipinski definition) is 3. The van der Waals surface area contributed by atoms with Gasteiger partial charge >= 0.3 is 5.97 Å². The fourth-order valence-electron chi connectivity index (χ4n) is 2.53. The first kappa shape index (κ1) is 16.9. The van der Waals surface area contributed by atoms with Crippen LogP contribution in [0.25, 0.3) is 0 Å². The summed E-state index contributed by atoms with van der Waals surface area (Å²) in [7, 11) is 1.57. The van der Waals surface area contributed by atoms with E-state index in [4.69, 9.17) is 9.47 Å². The van der Waals surface area contributed by atoms with Crippen LogP contribution in [0.2, 0.25) is 0 Å². The number of carboxylic acids is 1. The van der Waals surface area contributed by atoms with E-state index in [0.29, 0.717) is 11.5 Å². The summed E-state index contributed by atoms with van der Waals surface area (Å²) in [6, 6.07) is 11.3. The molecule has 122 valence electrons. The monoisotopic (exact) mass is 314 g/mol. The van der Waals surface area contributed by atoms with Crippen LogP contribution in [-0.2, 0) is 11.2 Å². The van der Waals surface area contributed by atoms with Gasteiger partial charge in [-0.15, -0.1) is 0 Å². The van der Waals surface area contributed by atoms with Crippen molar-refractivity contribution in [1.29, 1.82) is 0 Å². The topological polar surface area (TPSA) is 55.8 Å². The Bertz CT molecular complexity index is 707. The molecule has 2 aromatic rings. The maximum absolute atomic E-state index is 11.6. The van der Waals surface area contributed by atoms with E-state index in [1.807, 2.05) is 51.1 Å². The van der Waals surface area contributed by atoms with Gasteiger partial charge in [-0.25, -0.2) is 4.79 Å². The predicted octanol–water partition coefficient (Wildman–Crippen LogP) is 3.70. The Morgan fingerprint density at radius 3 is 2.48 bits per heavy atom. The number of methoxy groups -OCH3 is 1. The van der Waals surface area contributed by atoms with Crippen molar-refractivity contribution >= 4 is 5.97 Å². The summed E-state index contributed by atoms with van der Waals surface area (Å²) in [5.41, 5.74) is 3.90. The van der Waals surface area contributed by atoms with Gasteiger partial charge in [0.2, 0.25) is 0 Å². The van der Waals surface area contributed by atoms with Crippen LogP contribution >= 0.6 is 0 Å². The Balaban J connectivity index is 2.28. The highest BCUT2D eigenvalue weighted by Crippen LogP contribution is 2.26. The molecule has 1 N–H and O–H groups in total. The summed E-state index contributed by atoms with van der Waals surface area (Å²) in [5, 5.41) is 9.52. The molecule has 0 amide bonds. The number of rotatable bonds is 6. The highest BCUT2D eigenvalue weighted by molar-refractivity contribution is 5.73. The lowest BCUT2D eigenvalue weighted by Crippen LogP contribution is -2.30. The molecule has 0 saturated heterocycles. The maximum Gasteiger partial charge on any atom is 0.345 e. The number of ether oxygens (including phenoxy) is 2. The third-order valence-electron chi connectivity index (χ3n) is 3.91. The molecule has 0 aromatic heterocycles. The van der Waals surface area contributed by atoms with Crippen LogP contribution in [0.1, 0.15) is 22.3 Å². The van der Waals surface area contributed by atoms with Crippen molar-refractivity contribution in [1.82, 2.24) is 0 Å². The number of hydrogen-bond donors (Lipinski definition) is 1. The van der Waals surface area contributed by atoms with E-state index < -0.39 is 12.1 Å². The molecule has 4 heteroatoms. The summed E-state index contributed by atoms with van der Waals surface area (Å²) in [6.45, 7) is 5.90. The second-order valence-corrected chi connectivity index (χ2v) is 5.67. The molecule has 2 aromatic carbocycles. The van der Waals surface area contributed by atoms with Crippen LogP contribution in [0, 0.1) is 20.8 Å². The number of para-hydroxylation sites is 1. The fraction of sp³-hybridized carbons (Fsp3) is 0.316. The number of benzene rings is 2. The SMILES string of the molecule is COc1ccccc1C[C@H](Oc1cc(C)cc(C)c1C)C(=O)O. The van der Waals surface area contributed by atoms with Gasteiger partial charge in [0.15, 0.2) is 6.10 Å². The summed E-state index contributed by atoms with van der Waals surface area (Å²) in [5.74, 6) is 0.291. The smallest absolute Gasteiger partial charge is 0.345 e. The van der Waals surface area contributed by atoms with E-state index in [9.17, 15) is 9.90 Å². The highest BCUT2D eigenvalue weighted by atomic mass is 16.5. The van der Waals surface area contributed by atoms with Gasteiger partial charge in [0.1, 0.15) is 11.5 Å². The van der Waals surface area contributed by atoms with Gasteiger partial charge < -0.3 is 14.6 Å². The van der Waals surface area contributed by atoms with Crippen LogP contribution in [0.15, 0.2) is 36.4 Å². The lowest BCUT2D eigenvalue weighted by molar-refractivity contribution is -0.145. The first-order valence-corrected chi connectivity index (χ1v) is 7.51. The Labute approximate surface area is 136 Å². The van der Waals surface area contributed by atoms with E-state index in [2.05, 4.69) is 6.07 Å². The molecule has 0 bridgehead atoms. The molecule has 0 aliphatic heterocycles. The molecule has 2 rings (SSSR count). The van der Waals surface area contributed by atoms with Gasteiger partial charge in [-0.3, -0.25) is 0 Å². The van der Waals surface area contributed by atoms with Crippen LogP contribution in [-0.4, -0.2) is 24.3 Å². The molecule has 0 fully saturated rings. The van der Waals surface area contributed by atoms with E-state index in [1.54, 1.807) is 7.11 Å². The third kappa shape index (κ3) is 4.03. The highest BCUT2D eigenvalue weighted by Gasteiger charge is 2.23. The minimum Gasteiger partial charge on any atom is -0.496 e. The van der Waals surface area contributed by atoms with E-state index in [0.717, 1.165) is 22.3 Å². The summed E-state index contributed by atoms with van der Waals surface area (Å²) < 4.78 is 11.1. The standard InChI is InChI=1S/C19H22O4/c1-12-9-13(2)14(3)17(10-12)23-18(19(20)21)11-15-7-5-6-8-16(15)22-4/h5-10,18H,11H2,1-4H3,(H,20,21)/t18-/m0/s1. The average Bonchev–Trinajstić information content (AvgIpc) is 2.51. The lowest BCUT2D eigenvalue weighted by atomic mass is 10.0. The molecule has 1 atom stereocenters. The molecular formula is C19H22O4. The van der Waals surface area contributed by atoms with Gasteiger partial charge in [-0.1, -0.05) is 24.3 Å². The average molecular weight is 314 g/mol. The maximum atomic E-state index is 11.6. The molecular weight excluding hydrogens is 292 g/mol. The number of aliphatic carboxylic acids is 1. The quantitative estimate of drug-likeness (QED) is 0.883. The fourth-order valence-corrected chi connectivity index (χ4v) is 2.53. The number of carboxylic acid groups (broad SMARTS) is 1. The third-order valence-corrected chi connectivity index (χ3v) is 3.91. The molecule has 0 unspecified atom stereocenters. The molecule has 0 radical (unpaired) electrons. The molecule has 0 heterocycles. The van der Waals surface area contributed by atoms with Crippen molar-refractivity contribution < 1.29 is 19.4 Å². The van der Waals surface area contributed by atoms with Crippen LogP contribution in [0.5, 0.6) is 11.5 Å². The summed E-state index contributed by atoms with van der Waals surface area (Å²) >= 11 is 0.